The third-order valence-electron chi connectivity index (χ3n) is 3.07. The lowest BCUT2D eigenvalue weighted by Gasteiger charge is -2.23. The van der Waals surface area contributed by atoms with Gasteiger partial charge in [0.25, 0.3) is 0 Å². The van der Waals surface area contributed by atoms with Gasteiger partial charge in [-0.15, -0.1) is 0 Å². The molecule has 1 fully saturated rings. The largest absolute Gasteiger partial charge is 0.478 e. The Balaban J connectivity index is 2.32. The van der Waals surface area contributed by atoms with Crippen LogP contribution in [0.1, 0.15) is 23.7 Å². The van der Waals surface area contributed by atoms with Gasteiger partial charge in [-0.2, -0.15) is 0 Å². The number of carboxylic acid groups (broad SMARTS) is 1. The van der Waals surface area contributed by atoms with Crippen molar-refractivity contribution in [2.45, 2.75) is 23.8 Å². The van der Waals surface area contributed by atoms with Gasteiger partial charge in [0, 0.05) is 6.61 Å². The zero-order valence-electron chi connectivity index (χ0n) is 10.7. The number of ether oxygens (including phenoxy) is 1. The number of rotatable bonds is 4. The summed E-state index contributed by atoms with van der Waals surface area (Å²) in [5, 5.41) is 8.73. The Hall–Kier alpha value is -1.51. The van der Waals surface area contributed by atoms with Gasteiger partial charge in [-0.1, -0.05) is 0 Å². The van der Waals surface area contributed by atoms with Gasteiger partial charge in [0.05, 0.1) is 17.7 Å². The maximum atomic E-state index is 13.8. The van der Waals surface area contributed by atoms with Crippen molar-refractivity contribution in [2.24, 2.45) is 0 Å². The fourth-order valence-corrected chi connectivity index (χ4v) is 3.46. The molecule has 8 heteroatoms. The van der Waals surface area contributed by atoms with Crippen molar-refractivity contribution >= 4 is 16.0 Å². The smallest absolute Gasteiger partial charge is 0.335 e. The standard InChI is InChI=1S/C12H14FNO5S/c1-12(4-5-19-7-12)14-20(17,18)10-3-2-8(11(15)16)6-9(10)13/h2-3,6,14H,4-5,7H2,1H3,(H,15,16). The fourth-order valence-electron chi connectivity index (χ4n) is 1.98. The van der Waals surface area contributed by atoms with E-state index in [0.29, 0.717) is 19.1 Å². The number of halogens is 1. The molecule has 0 radical (unpaired) electrons. The summed E-state index contributed by atoms with van der Waals surface area (Å²) in [5.74, 6) is -2.42. The second kappa shape index (κ2) is 5.12. The van der Waals surface area contributed by atoms with Gasteiger partial charge in [0.2, 0.25) is 10.0 Å². The predicted molar refractivity (Wildman–Crippen MR) is 67.5 cm³/mol. The highest BCUT2D eigenvalue weighted by Gasteiger charge is 2.35. The second-order valence-corrected chi connectivity index (χ2v) is 6.57. The first-order valence-electron chi connectivity index (χ1n) is 5.88. The molecule has 1 atom stereocenters. The molecule has 0 bridgehead atoms. The van der Waals surface area contributed by atoms with E-state index < -0.39 is 32.2 Å². The lowest BCUT2D eigenvalue weighted by atomic mass is 10.0. The molecular weight excluding hydrogens is 289 g/mol. The van der Waals surface area contributed by atoms with Crippen molar-refractivity contribution < 1.29 is 27.4 Å². The molecule has 2 rings (SSSR count). The molecular formula is C12H14FNO5S. The van der Waals surface area contributed by atoms with Crippen LogP contribution in [0.15, 0.2) is 23.1 Å². The summed E-state index contributed by atoms with van der Waals surface area (Å²) < 4.78 is 45.6. The summed E-state index contributed by atoms with van der Waals surface area (Å²) in [6, 6.07) is 2.68. The lowest BCUT2D eigenvalue weighted by molar-refractivity contribution is 0.0696. The average Bonchev–Trinajstić information content (AvgIpc) is 2.74. The van der Waals surface area contributed by atoms with E-state index in [-0.39, 0.29) is 12.2 Å². The van der Waals surface area contributed by atoms with Crippen LogP contribution in [0.4, 0.5) is 4.39 Å². The van der Waals surface area contributed by atoms with Crippen molar-refractivity contribution in [1.82, 2.24) is 4.72 Å². The molecule has 1 aliphatic heterocycles. The molecule has 1 heterocycles. The molecule has 1 saturated heterocycles. The average molecular weight is 303 g/mol. The van der Waals surface area contributed by atoms with E-state index in [9.17, 15) is 17.6 Å². The van der Waals surface area contributed by atoms with Gasteiger partial charge in [-0.05, 0) is 31.5 Å². The number of hydrogen-bond acceptors (Lipinski definition) is 4. The highest BCUT2D eigenvalue weighted by atomic mass is 32.2. The van der Waals surface area contributed by atoms with E-state index in [1.54, 1.807) is 6.92 Å². The molecule has 1 unspecified atom stereocenters. The lowest BCUT2D eigenvalue weighted by Crippen LogP contribution is -2.46. The first-order valence-corrected chi connectivity index (χ1v) is 7.36. The Labute approximate surface area is 115 Å². The fraction of sp³-hybridized carbons (Fsp3) is 0.417. The van der Waals surface area contributed by atoms with E-state index in [1.165, 1.54) is 0 Å². The normalized spacial score (nSPS) is 22.9. The summed E-state index contributed by atoms with van der Waals surface area (Å²) in [4.78, 5) is 10.1. The van der Waals surface area contributed by atoms with Crippen LogP contribution in [0.25, 0.3) is 0 Å². The van der Waals surface area contributed by atoms with E-state index in [1.807, 2.05) is 0 Å². The van der Waals surface area contributed by atoms with E-state index >= 15 is 0 Å². The van der Waals surface area contributed by atoms with Gasteiger partial charge >= 0.3 is 5.97 Å². The number of nitrogens with one attached hydrogen (secondary N) is 1. The van der Waals surface area contributed by atoms with Gasteiger partial charge in [-0.25, -0.2) is 22.3 Å². The monoisotopic (exact) mass is 303 g/mol. The van der Waals surface area contributed by atoms with Crippen LogP contribution in [-0.4, -0.2) is 38.2 Å². The molecule has 110 valence electrons. The van der Waals surface area contributed by atoms with Crippen molar-refractivity contribution in [3.8, 4) is 0 Å². The number of carbonyl (C=O) groups is 1. The Morgan fingerprint density at radius 2 is 2.20 bits per heavy atom. The number of carboxylic acids is 1. The van der Waals surface area contributed by atoms with Gasteiger partial charge in [0.1, 0.15) is 10.7 Å². The van der Waals surface area contributed by atoms with Crippen LogP contribution in [0, 0.1) is 5.82 Å². The van der Waals surface area contributed by atoms with Crippen molar-refractivity contribution in [1.29, 1.82) is 0 Å². The Kier molecular flexibility index (Phi) is 3.81. The summed E-state index contributed by atoms with van der Waals surface area (Å²) in [5.41, 5.74) is -1.09. The Bertz CT molecular complexity index is 637. The van der Waals surface area contributed by atoms with Gasteiger partial charge in [0.15, 0.2) is 0 Å². The summed E-state index contributed by atoms with van der Waals surface area (Å²) in [6.45, 7) is 2.31. The van der Waals surface area contributed by atoms with E-state index in [2.05, 4.69) is 4.72 Å². The highest BCUT2D eigenvalue weighted by molar-refractivity contribution is 7.89. The minimum atomic E-state index is -4.07. The number of aromatic carboxylic acids is 1. The minimum Gasteiger partial charge on any atom is -0.478 e. The number of benzene rings is 1. The molecule has 1 aliphatic rings. The van der Waals surface area contributed by atoms with Crippen molar-refractivity contribution in [3.63, 3.8) is 0 Å². The van der Waals surface area contributed by atoms with Crippen LogP contribution in [-0.2, 0) is 14.8 Å². The summed E-state index contributed by atoms with van der Waals surface area (Å²) >= 11 is 0. The molecule has 0 spiro atoms. The number of sulfonamides is 1. The molecule has 1 aromatic rings. The predicted octanol–water partition coefficient (Wildman–Crippen LogP) is 0.981. The SMILES string of the molecule is CC1(NS(=O)(=O)c2ccc(C(=O)O)cc2F)CCOC1. The highest BCUT2D eigenvalue weighted by Crippen LogP contribution is 2.23. The summed E-state index contributed by atoms with van der Waals surface area (Å²) in [6.07, 6.45) is 0.487. The summed E-state index contributed by atoms with van der Waals surface area (Å²) in [7, 11) is -4.07. The Morgan fingerprint density at radius 3 is 2.70 bits per heavy atom. The minimum absolute atomic E-state index is 0.209. The maximum Gasteiger partial charge on any atom is 0.335 e. The molecule has 2 N–H and O–H groups in total. The Morgan fingerprint density at radius 1 is 1.50 bits per heavy atom. The zero-order chi connectivity index (χ0) is 15.0. The topological polar surface area (TPSA) is 92.7 Å². The van der Waals surface area contributed by atoms with Gasteiger partial charge in [-0.3, -0.25) is 0 Å². The van der Waals surface area contributed by atoms with Crippen LogP contribution >= 0.6 is 0 Å². The van der Waals surface area contributed by atoms with Gasteiger partial charge < -0.3 is 9.84 Å². The van der Waals surface area contributed by atoms with Crippen LogP contribution in [0.5, 0.6) is 0 Å². The molecule has 20 heavy (non-hydrogen) atoms. The van der Waals surface area contributed by atoms with E-state index in [0.717, 1.165) is 12.1 Å². The van der Waals surface area contributed by atoms with Crippen LogP contribution < -0.4 is 4.72 Å². The number of hydrogen-bond donors (Lipinski definition) is 2. The molecule has 0 saturated carbocycles. The molecule has 0 amide bonds. The molecule has 6 nitrogen and oxygen atoms in total. The van der Waals surface area contributed by atoms with Crippen LogP contribution in [0.3, 0.4) is 0 Å². The third-order valence-corrected chi connectivity index (χ3v) is 4.74. The van der Waals surface area contributed by atoms with E-state index in [4.69, 9.17) is 9.84 Å². The van der Waals surface area contributed by atoms with Crippen LogP contribution in [0.2, 0.25) is 0 Å². The second-order valence-electron chi connectivity index (χ2n) is 4.92. The maximum absolute atomic E-state index is 13.8. The molecule has 0 aliphatic carbocycles. The van der Waals surface area contributed by atoms with Crippen molar-refractivity contribution in [3.05, 3.63) is 29.6 Å². The molecule has 0 aromatic heterocycles. The third kappa shape index (κ3) is 2.97. The molecule has 1 aromatic carbocycles. The first kappa shape index (κ1) is 14.9. The van der Waals surface area contributed by atoms with Crippen molar-refractivity contribution in [2.75, 3.05) is 13.2 Å². The first-order chi connectivity index (χ1) is 9.23. The quantitative estimate of drug-likeness (QED) is 0.865. The zero-order valence-corrected chi connectivity index (χ0v) is 11.5.